The van der Waals surface area contributed by atoms with E-state index in [0.29, 0.717) is 0 Å². The van der Waals surface area contributed by atoms with E-state index < -0.39 is 0 Å². The summed E-state index contributed by atoms with van der Waals surface area (Å²) < 4.78 is 14.9. The molecule has 80 valence electrons. The average Bonchev–Trinajstić information content (AvgIpc) is 2.61. The number of hydrogen-bond donors (Lipinski definition) is 0. The molecule has 0 aromatic carbocycles. The molecule has 2 nitrogen and oxygen atoms in total. The van der Waals surface area contributed by atoms with E-state index in [-0.39, 0.29) is 5.82 Å². The van der Waals surface area contributed by atoms with Gasteiger partial charge in [-0.2, -0.15) is 0 Å². The van der Waals surface area contributed by atoms with Crippen molar-refractivity contribution < 1.29 is 4.39 Å². The summed E-state index contributed by atoms with van der Waals surface area (Å²) >= 11 is 3.40. The quantitative estimate of drug-likeness (QED) is 0.616. The summed E-state index contributed by atoms with van der Waals surface area (Å²) in [6, 6.07) is 3.42. The molecule has 15 heavy (non-hydrogen) atoms. The predicted molar refractivity (Wildman–Crippen MR) is 62.7 cm³/mol. The molecule has 0 fully saturated rings. The molecule has 2 rings (SSSR count). The predicted octanol–water partition coefficient (Wildman–Crippen LogP) is 3.35. The van der Waals surface area contributed by atoms with E-state index in [9.17, 15) is 4.39 Å². The van der Waals surface area contributed by atoms with Crippen molar-refractivity contribution in [2.75, 3.05) is 5.33 Å². The number of unbranched alkanes of at least 4 members (excludes halogenated alkanes) is 1. The molecule has 0 saturated heterocycles. The molecule has 0 atom stereocenters. The van der Waals surface area contributed by atoms with Crippen LogP contribution in [0, 0.1) is 5.82 Å². The van der Waals surface area contributed by atoms with Crippen LogP contribution in [0.2, 0.25) is 0 Å². The third kappa shape index (κ3) is 2.37. The van der Waals surface area contributed by atoms with Gasteiger partial charge in [-0.15, -0.1) is 0 Å². The van der Waals surface area contributed by atoms with Crippen LogP contribution < -0.4 is 0 Å². The van der Waals surface area contributed by atoms with Crippen LogP contribution in [0.5, 0.6) is 0 Å². The van der Waals surface area contributed by atoms with Gasteiger partial charge in [-0.3, -0.25) is 0 Å². The van der Waals surface area contributed by atoms with Gasteiger partial charge < -0.3 is 4.57 Å². The number of alkyl halides is 1. The van der Waals surface area contributed by atoms with Crippen molar-refractivity contribution >= 4 is 27.0 Å². The highest BCUT2D eigenvalue weighted by molar-refractivity contribution is 9.09. The third-order valence-corrected chi connectivity index (χ3v) is 2.91. The first-order valence-corrected chi connectivity index (χ1v) is 6.10. The molecule has 2 heterocycles. The lowest BCUT2D eigenvalue weighted by molar-refractivity contribution is 0.620. The van der Waals surface area contributed by atoms with E-state index >= 15 is 0 Å². The van der Waals surface area contributed by atoms with Crippen molar-refractivity contribution in [3.63, 3.8) is 0 Å². The van der Waals surface area contributed by atoms with Crippen LogP contribution in [0.15, 0.2) is 24.5 Å². The van der Waals surface area contributed by atoms with Crippen LogP contribution in [0.1, 0.15) is 12.8 Å². The normalized spacial score (nSPS) is 11.1. The van der Waals surface area contributed by atoms with Crippen molar-refractivity contribution in [1.82, 2.24) is 9.55 Å². The zero-order valence-electron chi connectivity index (χ0n) is 8.29. The molecule has 0 radical (unpaired) electrons. The fourth-order valence-corrected chi connectivity index (χ4v) is 2.00. The maximum Gasteiger partial charge on any atom is 0.142 e. The highest BCUT2D eigenvalue weighted by Crippen LogP contribution is 2.15. The molecule has 0 aliphatic heterocycles. The SMILES string of the molecule is Fc1cnc2c(ccn2CCCCBr)c1. The van der Waals surface area contributed by atoms with Crippen LogP contribution in [0.25, 0.3) is 11.0 Å². The maximum absolute atomic E-state index is 12.9. The molecule has 2 aromatic heterocycles. The zero-order valence-corrected chi connectivity index (χ0v) is 9.87. The van der Waals surface area contributed by atoms with Crippen LogP contribution in [-0.2, 0) is 6.54 Å². The Labute approximate surface area is 96.2 Å². The molecule has 0 aliphatic rings. The second-order valence-corrected chi connectivity index (χ2v) is 4.26. The highest BCUT2D eigenvalue weighted by atomic mass is 79.9. The minimum absolute atomic E-state index is 0.277. The van der Waals surface area contributed by atoms with Crippen LogP contribution in [0.3, 0.4) is 0 Å². The Morgan fingerprint density at radius 3 is 3.07 bits per heavy atom. The van der Waals surface area contributed by atoms with E-state index in [0.717, 1.165) is 35.7 Å². The topological polar surface area (TPSA) is 17.8 Å². The van der Waals surface area contributed by atoms with Gasteiger partial charge in [0.1, 0.15) is 11.5 Å². The molecule has 0 unspecified atom stereocenters. The summed E-state index contributed by atoms with van der Waals surface area (Å²) in [6.45, 7) is 0.938. The first-order chi connectivity index (χ1) is 7.31. The molecule has 0 aliphatic carbocycles. The van der Waals surface area contributed by atoms with E-state index in [1.54, 1.807) is 0 Å². The summed E-state index contributed by atoms with van der Waals surface area (Å²) in [5.41, 5.74) is 0.867. The van der Waals surface area contributed by atoms with Gasteiger partial charge in [0, 0.05) is 23.5 Å². The molecule has 2 aromatic rings. The van der Waals surface area contributed by atoms with Crippen LogP contribution >= 0.6 is 15.9 Å². The number of aryl methyl sites for hydroxylation is 1. The van der Waals surface area contributed by atoms with Crippen molar-refractivity contribution in [2.45, 2.75) is 19.4 Å². The van der Waals surface area contributed by atoms with Crippen molar-refractivity contribution in [2.24, 2.45) is 0 Å². The minimum Gasteiger partial charge on any atom is -0.333 e. The summed E-state index contributed by atoms with van der Waals surface area (Å²) in [7, 11) is 0. The Morgan fingerprint density at radius 1 is 1.40 bits per heavy atom. The highest BCUT2D eigenvalue weighted by Gasteiger charge is 2.02. The van der Waals surface area contributed by atoms with Gasteiger partial charge >= 0.3 is 0 Å². The van der Waals surface area contributed by atoms with E-state index in [1.165, 1.54) is 12.3 Å². The van der Waals surface area contributed by atoms with Crippen molar-refractivity contribution in [3.05, 3.63) is 30.3 Å². The zero-order chi connectivity index (χ0) is 10.7. The Morgan fingerprint density at radius 2 is 2.27 bits per heavy atom. The number of pyridine rings is 1. The summed E-state index contributed by atoms with van der Waals surface area (Å²) in [5, 5.41) is 1.89. The number of fused-ring (bicyclic) bond motifs is 1. The van der Waals surface area contributed by atoms with Gasteiger partial charge in [0.2, 0.25) is 0 Å². The summed E-state index contributed by atoms with van der Waals surface area (Å²) in [4.78, 5) is 4.10. The van der Waals surface area contributed by atoms with Gasteiger partial charge in [-0.05, 0) is 25.0 Å². The molecular formula is C11H12BrFN2. The lowest BCUT2D eigenvalue weighted by Crippen LogP contribution is -1.97. The van der Waals surface area contributed by atoms with Crippen LogP contribution in [0.4, 0.5) is 4.39 Å². The monoisotopic (exact) mass is 270 g/mol. The number of aromatic nitrogens is 2. The van der Waals surface area contributed by atoms with Gasteiger partial charge in [-0.1, -0.05) is 15.9 Å². The summed E-state index contributed by atoms with van der Waals surface area (Å²) in [6.07, 6.45) is 5.48. The molecule has 4 heteroatoms. The first-order valence-electron chi connectivity index (χ1n) is 4.97. The third-order valence-electron chi connectivity index (χ3n) is 2.35. The van der Waals surface area contributed by atoms with E-state index in [4.69, 9.17) is 0 Å². The second-order valence-electron chi connectivity index (χ2n) is 3.47. The maximum atomic E-state index is 12.9. The molecular weight excluding hydrogens is 259 g/mol. The fourth-order valence-electron chi connectivity index (χ4n) is 1.61. The molecule has 0 amide bonds. The van der Waals surface area contributed by atoms with E-state index in [2.05, 4.69) is 25.5 Å². The second kappa shape index (κ2) is 4.75. The minimum atomic E-state index is -0.277. The smallest absolute Gasteiger partial charge is 0.142 e. The Balaban J connectivity index is 2.21. The van der Waals surface area contributed by atoms with Gasteiger partial charge in [0.15, 0.2) is 0 Å². The number of rotatable bonds is 4. The Bertz CT molecular complexity index is 453. The first kappa shape index (κ1) is 10.6. The fraction of sp³-hybridized carbons (Fsp3) is 0.364. The molecule has 0 saturated carbocycles. The molecule has 0 bridgehead atoms. The van der Waals surface area contributed by atoms with Crippen molar-refractivity contribution in [3.8, 4) is 0 Å². The number of hydrogen-bond acceptors (Lipinski definition) is 1. The van der Waals surface area contributed by atoms with E-state index in [1.807, 2.05) is 12.3 Å². The Hall–Kier alpha value is -0.900. The molecule has 0 N–H and O–H groups in total. The summed E-state index contributed by atoms with van der Waals surface area (Å²) in [5.74, 6) is -0.277. The van der Waals surface area contributed by atoms with Gasteiger partial charge in [0.25, 0.3) is 0 Å². The average molecular weight is 271 g/mol. The van der Waals surface area contributed by atoms with Crippen LogP contribution in [-0.4, -0.2) is 14.9 Å². The number of nitrogens with zero attached hydrogens (tertiary/aromatic N) is 2. The lowest BCUT2D eigenvalue weighted by atomic mass is 10.3. The molecule has 0 spiro atoms. The van der Waals surface area contributed by atoms with Crippen molar-refractivity contribution in [1.29, 1.82) is 0 Å². The largest absolute Gasteiger partial charge is 0.333 e. The van der Waals surface area contributed by atoms with Gasteiger partial charge in [0.05, 0.1) is 6.20 Å². The Kier molecular flexibility index (Phi) is 3.36. The standard InChI is InChI=1S/C11H12BrFN2/c12-4-1-2-5-15-6-3-9-7-10(13)8-14-11(9)15/h3,6-8H,1-2,4-5H2. The number of halogens is 2. The van der Waals surface area contributed by atoms with Gasteiger partial charge in [-0.25, -0.2) is 9.37 Å². The lowest BCUT2D eigenvalue weighted by Gasteiger charge is -2.03.